The van der Waals surface area contributed by atoms with Crippen LogP contribution in [-0.4, -0.2) is 30.3 Å². The fraction of sp³-hybridized carbons (Fsp3) is 0.667. The molecule has 1 amide bonds. The molecule has 1 aliphatic carbocycles. The average molecular weight is 295 g/mol. The van der Waals surface area contributed by atoms with Crippen molar-refractivity contribution in [3.8, 4) is 0 Å². The number of aliphatic hydroxyl groups excluding tert-OH is 1. The number of carbonyl (C=O) groups is 1. The molecule has 0 aromatic carbocycles. The van der Waals surface area contributed by atoms with Gasteiger partial charge in [-0.1, -0.05) is 6.07 Å². The van der Waals surface area contributed by atoms with Gasteiger partial charge >= 0.3 is 0 Å². The monoisotopic (exact) mass is 295 g/mol. The lowest BCUT2D eigenvalue weighted by Gasteiger charge is -2.38. The molecule has 0 unspecified atom stereocenters. The molecule has 1 saturated heterocycles. The van der Waals surface area contributed by atoms with E-state index in [1.165, 1.54) is 4.88 Å². The van der Waals surface area contributed by atoms with Gasteiger partial charge in [0.15, 0.2) is 0 Å². The highest BCUT2D eigenvalue weighted by Gasteiger charge is 2.37. The van der Waals surface area contributed by atoms with E-state index in [2.05, 4.69) is 11.4 Å². The summed E-state index contributed by atoms with van der Waals surface area (Å²) < 4.78 is 5.31. The largest absolute Gasteiger partial charge is 0.393 e. The summed E-state index contributed by atoms with van der Waals surface area (Å²) >= 11 is 1.68. The van der Waals surface area contributed by atoms with Gasteiger partial charge in [-0.05, 0) is 43.0 Å². The summed E-state index contributed by atoms with van der Waals surface area (Å²) in [4.78, 5) is 13.6. The lowest BCUT2D eigenvalue weighted by atomic mass is 9.76. The Labute approximate surface area is 123 Å². The average Bonchev–Trinajstić information content (AvgIpc) is 2.96. The molecule has 1 aromatic rings. The number of carbonyl (C=O) groups excluding carboxylic acids is 1. The molecule has 1 aromatic heterocycles. The summed E-state index contributed by atoms with van der Waals surface area (Å²) in [5.74, 6) is 0.594. The number of amides is 1. The van der Waals surface area contributed by atoms with Crippen LogP contribution >= 0.6 is 11.3 Å². The van der Waals surface area contributed by atoms with Gasteiger partial charge in [0.05, 0.1) is 12.1 Å². The van der Waals surface area contributed by atoms with Crippen LogP contribution < -0.4 is 5.32 Å². The van der Waals surface area contributed by atoms with Crippen molar-refractivity contribution in [3.63, 3.8) is 0 Å². The van der Waals surface area contributed by atoms with Gasteiger partial charge in [-0.2, -0.15) is 0 Å². The van der Waals surface area contributed by atoms with E-state index in [1.54, 1.807) is 11.3 Å². The maximum atomic E-state index is 12.4. The number of nitrogens with one attached hydrogen (secondary N) is 1. The number of hydrogen-bond acceptors (Lipinski definition) is 4. The van der Waals surface area contributed by atoms with Crippen LogP contribution in [0.1, 0.15) is 36.6 Å². The van der Waals surface area contributed by atoms with E-state index in [1.807, 2.05) is 11.4 Å². The van der Waals surface area contributed by atoms with E-state index in [0.717, 1.165) is 25.7 Å². The minimum atomic E-state index is -0.192. The van der Waals surface area contributed by atoms with E-state index >= 15 is 0 Å². The molecule has 2 aliphatic rings. The first-order valence-electron chi connectivity index (χ1n) is 7.33. The summed E-state index contributed by atoms with van der Waals surface area (Å²) in [5.41, 5.74) is 0. The van der Waals surface area contributed by atoms with E-state index in [0.29, 0.717) is 19.1 Å². The summed E-state index contributed by atoms with van der Waals surface area (Å²) in [6.45, 7) is 1.37. The first-order chi connectivity index (χ1) is 9.74. The van der Waals surface area contributed by atoms with Gasteiger partial charge in [0.1, 0.15) is 0 Å². The van der Waals surface area contributed by atoms with E-state index in [9.17, 15) is 9.90 Å². The second-order valence-corrected chi connectivity index (χ2v) is 6.75. The molecule has 1 atom stereocenters. The topological polar surface area (TPSA) is 58.6 Å². The molecule has 2 heterocycles. The van der Waals surface area contributed by atoms with Gasteiger partial charge in [0, 0.05) is 24.0 Å². The van der Waals surface area contributed by atoms with Crippen molar-refractivity contribution in [3.05, 3.63) is 22.4 Å². The zero-order chi connectivity index (χ0) is 13.9. The van der Waals surface area contributed by atoms with E-state index in [4.69, 9.17) is 4.74 Å². The van der Waals surface area contributed by atoms with Gasteiger partial charge in [0.25, 0.3) is 0 Å². The van der Waals surface area contributed by atoms with Crippen molar-refractivity contribution >= 4 is 17.2 Å². The smallest absolute Gasteiger partial charge is 0.223 e. The Hall–Kier alpha value is -0.910. The Morgan fingerprint density at radius 2 is 2.15 bits per heavy atom. The molecule has 1 aliphatic heterocycles. The molecule has 5 heteroatoms. The molecule has 2 fully saturated rings. The van der Waals surface area contributed by atoms with Gasteiger partial charge in [-0.25, -0.2) is 0 Å². The van der Waals surface area contributed by atoms with Crippen molar-refractivity contribution < 1.29 is 14.6 Å². The maximum absolute atomic E-state index is 12.4. The molecule has 0 radical (unpaired) electrons. The highest BCUT2D eigenvalue weighted by molar-refractivity contribution is 7.10. The summed E-state index contributed by atoms with van der Waals surface area (Å²) in [6, 6.07) is 4.15. The summed E-state index contributed by atoms with van der Waals surface area (Å²) in [5, 5.41) is 14.8. The second kappa shape index (κ2) is 6.24. The Morgan fingerprint density at radius 1 is 1.40 bits per heavy atom. The first kappa shape index (κ1) is 14.0. The lowest BCUT2D eigenvalue weighted by Crippen LogP contribution is -2.43. The van der Waals surface area contributed by atoms with Crippen molar-refractivity contribution in [1.82, 2.24) is 5.32 Å². The zero-order valence-electron chi connectivity index (χ0n) is 11.5. The van der Waals surface area contributed by atoms with Gasteiger partial charge in [-0.3, -0.25) is 4.79 Å². The third kappa shape index (κ3) is 3.05. The molecular formula is C15H21NO3S. The van der Waals surface area contributed by atoms with Crippen LogP contribution in [0.2, 0.25) is 0 Å². The van der Waals surface area contributed by atoms with Crippen LogP contribution in [0.3, 0.4) is 0 Å². The number of ether oxygens (including phenoxy) is 1. The van der Waals surface area contributed by atoms with Crippen molar-refractivity contribution in [2.24, 2.45) is 11.8 Å². The fourth-order valence-electron chi connectivity index (χ4n) is 3.02. The Bertz CT molecular complexity index is 436. The Kier molecular flexibility index (Phi) is 4.38. The predicted molar refractivity (Wildman–Crippen MR) is 77.5 cm³/mol. The standard InChI is InChI=1S/C15H21NO3S/c17-12-8-11(9-12)14(13-2-1-7-20-13)16-15(18)10-3-5-19-6-4-10/h1-2,7,10-12,14,17H,3-6,8-9H2,(H,16,18)/t11?,12?,14-/m0/s1. The van der Waals surface area contributed by atoms with Gasteiger partial charge in [-0.15, -0.1) is 11.3 Å². The number of hydrogen-bond donors (Lipinski definition) is 2. The summed E-state index contributed by atoms with van der Waals surface area (Å²) in [7, 11) is 0. The third-order valence-corrected chi connectivity index (χ3v) is 5.32. The predicted octanol–water partition coefficient (Wildman–Crippen LogP) is 2.10. The SMILES string of the molecule is O=C(N[C@H](c1cccs1)C1CC(O)C1)C1CCOCC1. The quantitative estimate of drug-likeness (QED) is 0.894. The molecule has 0 spiro atoms. The van der Waals surface area contributed by atoms with Crippen LogP contribution in [0.15, 0.2) is 17.5 Å². The minimum Gasteiger partial charge on any atom is -0.393 e. The normalized spacial score (nSPS) is 28.6. The second-order valence-electron chi connectivity index (χ2n) is 5.77. The molecule has 20 heavy (non-hydrogen) atoms. The van der Waals surface area contributed by atoms with Crippen molar-refractivity contribution in [2.45, 2.75) is 37.8 Å². The minimum absolute atomic E-state index is 0.0637. The lowest BCUT2D eigenvalue weighted by molar-refractivity contribution is -0.129. The number of aliphatic hydroxyl groups is 1. The third-order valence-electron chi connectivity index (χ3n) is 4.36. The number of thiophene rings is 1. The molecule has 4 nitrogen and oxygen atoms in total. The molecule has 110 valence electrons. The van der Waals surface area contributed by atoms with Gasteiger partial charge < -0.3 is 15.2 Å². The van der Waals surface area contributed by atoms with Crippen LogP contribution in [0, 0.1) is 11.8 Å². The van der Waals surface area contributed by atoms with Crippen molar-refractivity contribution in [1.29, 1.82) is 0 Å². The molecule has 3 rings (SSSR count). The highest BCUT2D eigenvalue weighted by Crippen LogP contribution is 2.39. The van der Waals surface area contributed by atoms with Crippen LogP contribution in [0.4, 0.5) is 0 Å². The van der Waals surface area contributed by atoms with Crippen LogP contribution in [0.5, 0.6) is 0 Å². The Morgan fingerprint density at radius 3 is 2.75 bits per heavy atom. The highest BCUT2D eigenvalue weighted by atomic mass is 32.1. The number of rotatable bonds is 4. The summed E-state index contributed by atoms with van der Waals surface area (Å²) in [6.07, 6.45) is 3.02. The Balaban J connectivity index is 1.65. The molecule has 0 bridgehead atoms. The van der Waals surface area contributed by atoms with Crippen LogP contribution in [0.25, 0.3) is 0 Å². The maximum Gasteiger partial charge on any atom is 0.223 e. The van der Waals surface area contributed by atoms with Crippen LogP contribution in [-0.2, 0) is 9.53 Å². The molecule has 1 saturated carbocycles. The molecule has 2 N–H and O–H groups in total. The van der Waals surface area contributed by atoms with Gasteiger partial charge in [0.2, 0.25) is 5.91 Å². The zero-order valence-corrected chi connectivity index (χ0v) is 12.3. The van der Waals surface area contributed by atoms with E-state index < -0.39 is 0 Å². The van der Waals surface area contributed by atoms with E-state index in [-0.39, 0.29) is 24.0 Å². The first-order valence-corrected chi connectivity index (χ1v) is 8.21. The molecular weight excluding hydrogens is 274 g/mol. The fourth-order valence-corrected chi connectivity index (χ4v) is 3.89. The van der Waals surface area contributed by atoms with Crippen molar-refractivity contribution in [2.75, 3.05) is 13.2 Å².